The van der Waals surface area contributed by atoms with Gasteiger partial charge < -0.3 is 0 Å². The van der Waals surface area contributed by atoms with Gasteiger partial charge in [-0.25, -0.2) is 13.4 Å². The number of fused-ring (bicyclic) bond motifs is 1. The van der Waals surface area contributed by atoms with Gasteiger partial charge in [0.05, 0.1) is 15.1 Å². The van der Waals surface area contributed by atoms with Crippen LogP contribution in [0.25, 0.3) is 10.2 Å². The van der Waals surface area contributed by atoms with Crippen LogP contribution in [0.3, 0.4) is 0 Å². The molecule has 9 heteroatoms. The van der Waals surface area contributed by atoms with Gasteiger partial charge in [0.25, 0.3) is 5.91 Å². The van der Waals surface area contributed by atoms with Gasteiger partial charge in [0.2, 0.25) is 10.0 Å². The average molecular weight is 464 g/mol. The highest BCUT2D eigenvalue weighted by Gasteiger charge is 2.31. The van der Waals surface area contributed by atoms with Gasteiger partial charge in [0, 0.05) is 23.7 Å². The summed E-state index contributed by atoms with van der Waals surface area (Å²) in [6.07, 6.45) is 1.03. The van der Waals surface area contributed by atoms with Gasteiger partial charge in [0.1, 0.15) is 0 Å². The van der Waals surface area contributed by atoms with Crippen molar-refractivity contribution in [3.63, 3.8) is 0 Å². The van der Waals surface area contributed by atoms with E-state index in [0.29, 0.717) is 40.6 Å². The largest absolute Gasteiger partial charge is 0.298 e. The maximum atomic E-state index is 13.0. The fraction of sp³-hybridized carbons (Fsp3) is 0.333. The third-order valence-corrected chi connectivity index (χ3v) is 8.18. The lowest BCUT2D eigenvalue weighted by Crippen LogP contribution is -2.42. The van der Waals surface area contributed by atoms with Crippen molar-refractivity contribution in [1.82, 2.24) is 9.29 Å². The number of rotatable bonds is 4. The van der Waals surface area contributed by atoms with Crippen molar-refractivity contribution in [2.75, 3.05) is 18.4 Å². The molecule has 0 saturated carbocycles. The second-order valence-corrected chi connectivity index (χ2v) is 11.3. The van der Waals surface area contributed by atoms with Crippen LogP contribution in [0.1, 0.15) is 30.6 Å². The van der Waals surface area contributed by atoms with E-state index in [1.54, 1.807) is 22.5 Å². The SMILES string of the molecule is C[C@@H]1C[C@H](C)CN(S(=O)(=O)c2ccc(C(=O)Nc3nc4ccc(Cl)cc4s3)cc2)C1. The third-order valence-electron chi connectivity index (χ3n) is 5.16. The van der Waals surface area contributed by atoms with Crippen molar-refractivity contribution in [1.29, 1.82) is 0 Å². The summed E-state index contributed by atoms with van der Waals surface area (Å²) in [6.45, 7) is 5.19. The number of benzene rings is 2. The van der Waals surface area contributed by atoms with E-state index in [9.17, 15) is 13.2 Å². The molecule has 2 aromatic carbocycles. The van der Waals surface area contributed by atoms with Crippen LogP contribution in [0.4, 0.5) is 5.13 Å². The van der Waals surface area contributed by atoms with Crippen molar-refractivity contribution < 1.29 is 13.2 Å². The maximum Gasteiger partial charge on any atom is 0.257 e. The van der Waals surface area contributed by atoms with E-state index in [2.05, 4.69) is 24.1 Å². The normalized spacial score (nSPS) is 20.4. The monoisotopic (exact) mass is 463 g/mol. The third kappa shape index (κ3) is 4.37. The molecule has 0 spiro atoms. The number of sulfonamides is 1. The Balaban J connectivity index is 1.50. The van der Waals surface area contributed by atoms with Gasteiger partial charge in [-0.05, 0) is 60.7 Å². The number of halogens is 1. The molecular formula is C21H22ClN3O3S2. The minimum absolute atomic E-state index is 0.204. The first-order valence-electron chi connectivity index (χ1n) is 9.70. The molecule has 4 rings (SSSR count). The molecule has 1 N–H and O–H groups in total. The second-order valence-electron chi connectivity index (χ2n) is 7.88. The fourth-order valence-electron chi connectivity index (χ4n) is 3.85. The molecule has 0 unspecified atom stereocenters. The number of aromatic nitrogens is 1. The Kier molecular flexibility index (Phi) is 5.85. The van der Waals surface area contributed by atoms with Gasteiger partial charge in [-0.1, -0.05) is 36.8 Å². The van der Waals surface area contributed by atoms with E-state index in [1.807, 2.05) is 0 Å². The lowest BCUT2D eigenvalue weighted by atomic mass is 9.94. The van der Waals surface area contributed by atoms with Crippen LogP contribution in [-0.2, 0) is 10.0 Å². The number of thiazole rings is 1. The van der Waals surface area contributed by atoms with Crippen molar-refractivity contribution in [3.8, 4) is 0 Å². The highest BCUT2D eigenvalue weighted by Crippen LogP contribution is 2.29. The standard InChI is InChI=1S/C21H22ClN3O3S2/c1-13-9-14(2)12-25(11-13)30(27,28)17-6-3-15(4-7-17)20(26)24-21-23-18-8-5-16(22)10-19(18)29-21/h3-8,10,13-14H,9,11-12H2,1-2H3,(H,23,24,26)/t13-,14+. The first-order valence-corrected chi connectivity index (χ1v) is 12.3. The Morgan fingerprint density at radius 2 is 1.80 bits per heavy atom. The molecular weight excluding hydrogens is 442 g/mol. The van der Waals surface area contributed by atoms with Gasteiger partial charge in [-0.15, -0.1) is 0 Å². The molecule has 158 valence electrons. The molecule has 0 aliphatic carbocycles. The summed E-state index contributed by atoms with van der Waals surface area (Å²) in [4.78, 5) is 17.2. The molecule has 6 nitrogen and oxygen atoms in total. The molecule has 30 heavy (non-hydrogen) atoms. The average Bonchev–Trinajstić information content (AvgIpc) is 3.08. The number of hydrogen-bond acceptors (Lipinski definition) is 5. The number of carbonyl (C=O) groups is 1. The summed E-state index contributed by atoms with van der Waals surface area (Å²) < 4.78 is 28.4. The molecule has 0 radical (unpaired) electrons. The molecule has 1 aliphatic rings. The van der Waals surface area contributed by atoms with Crippen LogP contribution in [-0.4, -0.2) is 36.7 Å². The van der Waals surface area contributed by atoms with Crippen molar-refractivity contribution in [2.45, 2.75) is 25.2 Å². The lowest BCUT2D eigenvalue weighted by molar-refractivity contribution is 0.102. The fourth-order valence-corrected chi connectivity index (χ4v) is 6.67. The maximum absolute atomic E-state index is 13.0. The second kappa shape index (κ2) is 8.26. The van der Waals surface area contributed by atoms with Gasteiger partial charge in [-0.2, -0.15) is 4.31 Å². The smallest absolute Gasteiger partial charge is 0.257 e. The van der Waals surface area contributed by atoms with Crippen LogP contribution in [0, 0.1) is 11.8 Å². The van der Waals surface area contributed by atoms with Crippen molar-refractivity contribution in [3.05, 3.63) is 53.1 Å². The molecule has 1 amide bonds. The van der Waals surface area contributed by atoms with E-state index >= 15 is 0 Å². The van der Waals surface area contributed by atoms with Gasteiger partial charge in [-0.3, -0.25) is 10.1 Å². The number of anilines is 1. The van der Waals surface area contributed by atoms with E-state index in [0.717, 1.165) is 16.6 Å². The molecule has 0 bridgehead atoms. The lowest BCUT2D eigenvalue weighted by Gasteiger charge is -2.34. The molecule has 1 fully saturated rings. The van der Waals surface area contributed by atoms with E-state index in [1.165, 1.54) is 35.6 Å². The first kappa shape index (κ1) is 21.2. The molecule has 1 saturated heterocycles. The predicted octanol–water partition coefficient (Wildman–Crippen LogP) is 4.87. The summed E-state index contributed by atoms with van der Waals surface area (Å²) >= 11 is 7.32. The van der Waals surface area contributed by atoms with Crippen LogP contribution in [0.2, 0.25) is 5.02 Å². The number of amides is 1. The Morgan fingerprint density at radius 1 is 1.13 bits per heavy atom. The Hall–Kier alpha value is -2.00. The summed E-state index contributed by atoms with van der Waals surface area (Å²) in [5, 5.41) is 3.84. The van der Waals surface area contributed by atoms with Crippen LogP contribution in [0.5, 0.6) is 0 Å². The van der Waals surface area contributed by atoms with E-state index in [-0.39, 0.29) is 10.8 Å². The number of piperidine rings is 1. The Morgan fingerprint density at radius 3 is 2.47 bits per heavy atom. The van der Waals surface area contributed by atoms with E-state index < -0.39 is 10.0 Å². The summed E-state index contributed by atoms with van der Waals surface area (Å²) in [5.41, 5.74) is 1.12. The van der Waals surface area contributed by atoms with Gasteiger partial charge >= 0.3 is 0 Å². The number of nitrogens with zero attached hydrogens (tertiary/aromatic N) is 2. The molecule has 3 aromatic rings. The highest BCUT2D eigenvalue weighted by atomic mass is 35.5. The zero-order valence-electron chi connectivity index (χ0n) is 16.6. The Labute approximate surface area is 184 Å². The summed E-state index contributed by atoms with van der Waals surface area (Å²) in [5.74, 6) is 0.318. The van der Waals surface area contributed by atoms with Crippen LogP contribution in [0.15, 0.2) is 47.4 Å². The molecule has 2 heterocycles. The quantitative estimate of drug-likeness (QED) is 0.598. The minimum atomic E-state index is -3.57. The molecule has 1 aliphatic heterocycles. The van der Waals surface area contributed by atoms with Crippen LogP contribution >= 0.6 is 22.9 Å². The van der Waals surface area contributed by atoms with Gasteiger partial charge in [0.15, 0.2) is 5.13 Å². The first-order chi connectivity index (χ1) is 14.2. The van der Waals surface area contributed by atoms with Crippen molar-refractivity contribution in [2.24, 2.45) is 11.8 Å². The number of carbonyl (C=O) groups excluding carboxylic acids is 1. The zero-order valence-corrected chi connectivity index (χ0v) is 19.0. The van der Waals surface area contributed by atoms with Crippen molar-refractivity contribution >= 4 is 54.2 Å². The minimum Gasteiger partial charge on any atom is -0.298 e. The number of hydrogen-bond donors (Lipinski definition) is 1. The summed E-state index contributed by atoms with van der Waals surface area (Å²) in [7, 11) is -3.57. The number of nitrogens with one attached hydrogen (secondary N) is 1. The topological polar surface area (TPSA) is 79.4 Å². The predicted molar refractivity (Wildman–Crippen MR) is 121 cm³/mol. The van der Waals surface area contributed by atoms with Crippen LogP contribution < -0.4 is 5.32 Å². The Bertz CT molecular complexity index is 1180. The molecule has 1 aromatic heterocycles. The molecule has 2 atom stereocenters. The van der Waals surface area contributed by atoms with E-state index in [4.69, 9.17) is 11.6 Å². The highest BCUT2D eigenvalue weighted by molar-refractivity contribution is 7.89. The zero-order chi connectivity index (χ0) is 21.5. The summed E-state index contributed by atoms with van der Waals surface area (Å²) in [6, 6.07) is 11.4.